The van der Waals surface area contributed by atoms with E-state index >= 15 is 0 Å². The second-order valence-corrected chi connectivity index (χ2v) is 7.61. The SMILES string of the molecule is COc1ccc(N2CCN(C(=O)CCC3NC(=O)N(Cc4ccco4)C3=O)CC2)cc1. The minimum absolute atomic E-state index is 0.000847. The van der Waals surface area contributed by atoms with Crippen molar-refractivity contribution >= 4 is 23.5 Å². The average molecular weight is 426 g/mol. The van der Waals surface area contributed by atoms with E-state index in [0.717, 1.165) is 29.4 Å². The molecule has 164 valence electrons. The third-order valence-corrected chi connectivity index (χ3v) is 5.72. The van der Waals surface area contributed by atoms with Gasteiger partial charge in [0.15, 0.2) is 0 Å². The van der Waals surface area contributed by atoms with E-state index in [2.05, 4.69) is 10.2 Å². The van der Waals surface area contributed by atoms with E-state index < -0.39 is 12.1 Å². The zero-order valence-corrected chi connectivity index (χ0v) is 17.5. The molecule has 1 unspecified atom stereocenters. The first kappa shape index (κ1) is 20.8. The average Bonchev–Trinajstić information content (AvgIpc) is 3.41. The Hall–Kier alpha value is -3.49. The quantitative estimate of drug-likeness (QED) is 0.679. The van der Waals surface area contributed by atoms with E-state index in [9.17, 15) is 14.4 Å². The molecule has 0 saturated carbocycles. The Labute approximate surface area is 180 Å². The summed E-state index contributed by atoms with van der Waals surface area (Å²) in [6.45, 7) is 2.83. The van der Waals surface area contributed by atoms with Crippen LogP contribution in [0.5, 0.6) is 5.75 Å². The normalized spacial score (nSPS) is 19.0. The molecule has 0 aliphatic carbocycles. The van der Waals surface area contributed by atoms with Crippen molar-refractivity contribution in [3.63, 3.8) is 0 Å². The number of urea groups is 1. The minimum Gasteiger partial charge on any atom is -0.497 e. The number of carbonyl (C=O) groups excluding carboxylic acids is 3. The van der Waals surface area contributed by atoms with E-state index in [4.69, 9.17) is 9.15 Å². The van der Waals surface area contributed by atoms with Crippen LogP contribution in [0, 0.1) is 0 Å². The summed E-state index contributed by atoms with van der Waals surface area (Å²) in [5.41, 5.74) is 1.10. The molecule has 4 amide bonds. The van der Waals surface area contributed by atoms with Crippen molar-refractivity contribution in [2.75, 3.05) is 38.2 Å². The molecular weight excluding hydrogens is 400 g/mol. The number of methoxy groups -OCH3 is 1. The smallest absolute Gasteiger partial charge is 0.325 e. The van der Waals surface area contributed by atoms with Crippen molar-refractivity contribution in [1.82, 2.24) is 15.1 Å². The van der Waals surface area contributed by atoms with Gasteiger partial charge in [0.05, 0.1) is 19.9 Å². The van der Waals surface area contributed by atoms with Gasteiger partial charge in [0.25, 0.3) is 5.91 Å². The Kier molecular flexibility index (Phi) is 6.11. The van der Waals surface area contributed by atoms with Crippen molar-refractivity contribution in [3.05, 3.63) is 48.4 Å². The number of nitrogens with zero attached hydrogens (tertiary/aromatic N) is 3. The molecule has 2 fully saturated rings. The van der Waals surface area contributed by atoms with Crippen LogP contribution in [-0.4, -0.2) is 67.0 Å². The molecule has 31 heavy (non-hydrogen) atoms. The number of hydrogen-bond donors (Lipinski definition) is 1. The van der Waals surface area contributed by atoms with Gasteiger partial charge < -0.3 is 24.3 Å². The van der Waals surface area contributed by atoms with Crippen LogP contribution in [-0.2, 0) is 16.1 Å². The lowest BCUT2D eigenvalue weighted by Crippen LogP contribution is -2.49. The third kappa shape index (κ3) is 4.65. The van der Waals surface area contributed by atoms with Crippen molar-refractivity contribution in [3.8, 4) is 5.75 Å². The van der Waals surface area contributed by atoms with Gasteiger partial charge in [-0.1, -0.05) is 0 Å². The van der Waals surface area contributed by atoms with Crippen LogP contribution in [0.1, 0.15) is 18.6 Å². The lowest BCUT2D eigenvalue weighted by atomic mass is 10.1. The fourth-order valence-corrected chi connectivity index (χ4v) is 3.91. The van der Waals surface area contributed by atoms with Crippen LogP contribution >= 0.6 is 0 Å². The topological polar surface area (TPSA) is 95.3 Å². The van der Waals surface area contributed by atoms with Gasteiger partial charge in [-0.15, -0.1) is 0 Å². The van der Waals surface area contributed by atoms with Crippen molar-refractivity contribution < 1.29 is 23.5 Å². The minimum atomic E-state index is -0.674. The first-order chi connectivity index (χ1) is 15.0. The van der Waals surface area contributed by atoms with Crippen LogP contribution in [0.15, 0.2) is 47.1 Å². The van der Waals surface area contributed by atoms with E-state index in [1.54, 1.807) is 19.2 Å². The molecule has 1 aromatic heterocycles. The molecular formula is C22H26N4O5. The van der Waals surface area contributed by atoms with E-state index in [0.29, 0.717) is 18.8 Å². The summed E-state index contributed by atoms with van der Waals surface area (Å²) in [6.07, 6.45) is 2.00. The van der Waals surface area contributed by atoms with Gasteiger partial charge >= 0.3 is 6.03 Å². The molecule has 3 heterocycles. The lowest BCUT2D eigenvalue weighted by molar-refractivity contribution is -0.132. The zero-order valence-electron chi connectivity index (χ0n) is 17.5. The lowest BCUT2D eigenvalue weighted by Gasteiger charge is -2.36. The highest BCUT2D eigenvalue weighted by Gasteiger charge is 2.38. The number of hydrogen-bond acceptors (Lipinski definition) is 6. The Morgan fingerprint density at radius 3 is 2.52 bits per heavy atom. The summed E-state index contributed by atoms with van der Waals surface area (Å²) in [5, 5.41) is 2.67. The van der Waals surface area contributed by atoms with E-state index in [1.807, 2.05) is 29.2 Å². The number of rotatable bonds is 7. The Bertz CT molecular complexity index is 920. The molecule has 0 radical (unpaired) electrons. The van der Waals surface area contributed by atoms with Crippen molar-refractivity contribution in [2.45, 2.75) is 25.4 Å². The van der Waals surface area contributed by atoms with Gasteiger partial charge in [-0.2, -0.15) is 0 Å². The molecule has 9 nitrogen and oxygen atoms in total. The number of nitrogens with one attached hydrogen (secondary N) is 1. The summed E-state index contributed by atoms with van der Waals surface area (Å²) >= 11 is 0. The monoisotopic (exact) mass is 426 g/mol. The number of anilines is 1. The molecule has 1 atom stereocenters. The number of piperazine rings is 1. The van der Waals surface area contributed by atoms with Crippen LogP contribution in [0.25, 0.3) is 0 Å². The maximum atomic E-state index is 12.6. The predicted octanol–water partition coefficient (Wildman–Crippen LogP) is 1.84. The molecule has 0 spiro atoms. The van der Waals surface area contributed by atoms with Gasteiger partial charge in [0.2, 0.25) is 5.91 Å². The third-order valence-electron chi connectivity index (χ3n) is 5.72. The van der Waals surface area contributed by atoms with Gasteiger partial charge in [0.1, 0.15) is 17.6 Å². The highest BCUT2D eigenvalue weighted by atomic mass is 16.5. The van der Waals surface area contributed by atoms with Gasteiger partial charge in [-0.3, -0.25) is 14.5 Å². The molecule has 2 aliphatic rings. The van der Waals surface area contributed by atoms with Crippen LogP contribution in [0.4, 0.5) is 10.5 Å². The standard InChI is InChI=1S/C22H26N4O5/c1-30-17-6-4-16(5-7-17)24-10-12-25(13-11-24)20(27)9-8-19-21(28)26(22(29)23-19)15-18-3-2-14-31-18/h2-7,14,19H,8-13,15H2,1H3,(H,23,29). The molecule has 1 N–H and O–H groups in total. The first-order valence-electron chi connectivity index (χ1n) is 10.4. The predicted molar refractivity (Wildman–Crippen MR) is 113 cm³/mol. The first-order valence-corrected chi connectivity index (χ1v) is 10.4. The van der Waals surface area contributed by atoms with Crippen LogP contribution in [0.3, 0.4) is 0 Å². The summed E-state index contributed by atoms with van der Waals surface area (Å²) in [4.78, 5) is 42.5. The molecule has 2 aliphatic heterocycles. The molecule has 2 aromatic rings. The second kappa shape index (κ2) is 9.11. The summed E-state index contributed by atoms with van der Waals surface area (Å²) < 4.78 is 10.4. The number of benzene rings is 1. The number of imide groups is 1. The Morgan fingerprint density at radius 2 is 1.87 bits per heavy atom. The van der Waals surface area contributed by atoms with Crippen LogP contribution in [0.2, 0.25) is 0 Å². The number of carbonyl (C=O) groups is 3. The fraction of sp³-hybridized carbons (Fsp3) is 0.409. The molecule has 0 bridgehead atoms. The zero-order chi connectivity index (χ0) is 21.8. The largest absolute Gasteiger partial charge is 0.497 e. The summed E-state index contributed by atoms with van der Waals surface area (Å²) in [6, 6.07) is 10.2. The summed E-state index contributed by atoms with van der Waals surface area (Å²) in [5.74, 6) is 1.03. The van der Waals surface area contributed by atoms with Gasteiger partial charge in [0, 0.05) is 38.3 Å². The molecule has 1 aromatic carbocycles. The number of furan rings is 1. The molecule has 9 heteroatoms. The van der Waals surface area contributed by atoms with E-state index in [1.165, 1.54) is 6.26 Å². The van der Waals surface area contributed by atoms with Gasteiger partial charge in [-0.05, 0) is 42.8 Å². The highest BCUT2D eigenvalue weighted by Crippen LogP contribution is 2.21. The fourth-order valence-electron chi connectivity index (χ4n) is 3.91. The number of ether oxygens (including phenoxy) is 1. The maximum Gasteiger partial charge on any atom is 0.325 e. The molecule has 2 saturated heterocycles. The van der Waals surface area contributed by atoms with Crippen LogP contribution < -0.4 is 15.0 Å². The Morgan fingerprint density at radius 1 is 1.13 bits per heavy atom. The Balaban J connectivity index is 1.24. The van der Waals surface area contributed by atoms with Crippen molar-refractivity contribution in [2.24, 2.45) is 0 Å². The van der Waals surface area contributed by atoms with Gasteiger partial charge in [-0.25, -0.2) is 4.79 Å². The maximum absolute atomic E-state index is 12.6. The number of amides is 4. The highest BCUT2D eigenvalue weighted by molar-refractivity contribution is 6.04. The van der Waals surface area contributed by atoms with Crippen molar-refractivity contribution in [1.29, 1.82) is 0 Å². The molecule has 4 rings (SSSR count). The summed E-state index contributed by atoms with van der Waals surface area (Å²) in [7, 11) is 1.64. The van der Waals surface area contributed by atoms with E-state index in [-0.39, 0.29) is 31.2 Å². The second-order valence-electron chi connectivity index (χ2n) is 7.61.